The highest BCUT2D eigenvalue weighted by atomic mass is 32.1. The van der Waals surface area contributed by atoms with E-state index >= 15 is 0 Å². The van der Waals surface area contributed by atoms with Crippen molar-refractivity contribution in [3.8, 4) is 0 Å². The van der Waals surface area contributed by atoms with Gasteiger partial charge in [0.15, 0.2) is 10.8 Å². The number of nitrogens with one attached hydrogen (secondary N) is 3. The van der Waals surface area contributed by atoms with Gasteiger partial charge in [-0.2, -0.15) is 0 Å². The summed E-state index contributed by atoms with van der Waals surface area (Å²) >= 11 is 1.03. The molecule has 0 bridgehead atoms. The Kier molecular flexibility index (Phi) is 9.23. The first kappa shape index (κ1) is 29.9. The number of nitrogens with zero attached hydrogens (tertiary/aromatic N) is 2. The maximum absolute atomic E-state index is 13.4. The smallest absolute Gasteiger partial charge is 0.413 e. The fourth-order valence-corrected chi connectivity index (χ4v) is 5.00. The summed E-state index contributed by atoms with van der Waals surface area (Å²) in [5.41, 5.74) is 4.16. The van der Waals surface area contributed by atoms with Gasteiger partial charge in [-0.1, -0.05) is 35.5 Å². The number of anilines is 1. The molecule has 4 rings (SSSR count). The SMILES string of the molecule is CC(C)(C)OC(=O)Nc1nc(/C(=N/OC2(C(=O)OCc3ccccc3)CCCC2)C(=O)N[C@@H]2C(=O)N[C@@H]2CN)cs1. The molecule has 41 heavy (non-hydrogen) atoms. The van der Waals surface area contributed by atoms with Crippen molar-refractivity contribution >= 4 is 46.1 Å². The quantitative estimate of drug-likeness (QED) is 0.140. The van der Waals surface area contributed by atoms with E-state index in [4.69, 9.17) is 20.0 Å². The Morgan fingerprint density at radius 2 is 1.90 bits per heavy atom. The Bertz CT molecular complexity index is 1300. The zero-order valence-electron chi connectivity index (χ0n) is 23.1. The maximum Gasteiger partial charge on any atom is 0.413 e. The van der Waals surface area contributed by atoms with E-state index < -0.39 is 47.2 Å². The largest absolute Gasteiger partial charge is 0.458 e. The van der Waals surface area contributed by atoms with Crippen molar-refractivity contribution in [1.82, 2.24) is 15.6 Å². The van der Waals surface area contributed by atoms with E-state index in [2.05, 4.69) is 26.1 Å². The predicted molar refractivity (Wildman–Crippen MR) is 150 cm³/mol. The lowest BCUT2D eigenvalue weighted by Crippen LogP contribution is -2.71. The third kappa shape index (κ3) is 7.58. The lowest BCUT2D eigenvalue weighted by Gasteiger charge is -2.36. The Labute approximate surface area is 241 Å². The number of carbonyl (C=O) groups is 4. The van der Waals surface area contributed by atoms with Gasteiger partial charge in [0.05, 0.1) is 6.04 Å². The van der Waals surface area contributed by atoms with Crippen molar-refractivity contribution < 1.29 is 33.5 Å². The van der Waals surface area contributed by atoms with E-state index in [0.717, 1.165) is 16.9 Å². The standard InChI is InChI=1S/C27H34N6O7S/c1-26(2,3)39-25(37)32-24-30-18(15-41-24)20(22(35)31-19-17(13-28)29-21(19)34)33-40-27(11-7-8-12-27)23(36)38-14-16-9-5-4-6-10-16/h4-6,9-10,15,17,19H,7-8,11-14,28H2,1-3H3,(H,29,34)(H,31,35)(H,30,32,37)/b33-20-/t17-,19+/m1/s1. The summed E-state index contributed by atoms with van der Waals surface area (Å²) < 4.78 is 10.8. The number of benzene rings is 1. The van der Waals surface area contributed by atoms with Gasteiger partial charge >= 0.3 is 12.1 Å². The van der Waals surface area contributed by atoms with Crippen LogP contribution in [0.25, 0.3) is 0 Å². The molecule has 1 aromatic carbocycles. The lowest BCUT2D eigenvalue weighted by molar-refractivity contribution is -0.173. The number of rotatable bonds is 10. The van der Waals surface area contributed by atoms with E-state index in [-0.39, 0.29) is 29.7 Å². The Balaban J connectivity index is 1.55. The molecule has 1 aliphatic carbocycles. The summed E-state index contributed by atoms with van der Waals surface area (Å²) in [7, 11) is 0. The first-order valence-corrected chi connectivity index (χ1v) is 14.1. The summed E-state index contributed by atoms with van der Waals surface area (Å²) in [6, 6.07) is 7.92. The fourth-order valence-electron chi connectivity index (χ4n) is 4.31. The molecule has 0 unspecified atom stereocenters. The molecule has 0 radical (unpaired) electrons. The van der Waals surface area contributed by atoms with Gasteiger partial charge in [0.2, 0.25) is 11.5 Å². The van der Waals surface area contributed by atoms with Gasteiger partial charge in [0, 0.05) is 24.8 Å². The number of hydrogen-bond donors (Lipinski definition) is 4. The molecule has 3 amide bonds. The molecule has 0 spiro atoms. The number of ether oxygens (including phenoxy) is 2. The van der Waals surface area contributed by atoms with Gasteiger partial charge in [0.1, 0.15) is 23.9 Å². The third-order valence-corrected chi connectivity index (χ3v) is 7.19. The normalized spacial score (nSPS) is 19.9. The molecular formula is C27H34N6O7S. The average molecular weight is 587 g/mol. The van der Waals surface area contributed by atoms with Crippen LogP contribution in [0.1, 0.15) is 57.7 Å². The number of oxime groups is 1. The minimum absolute atomic E-state index is 0.0604. The van der Waals surface area contributed by atoms with Crippen LogP contribution in [0.2, 0.25) is 0 Å². The average Bonchev–Trinajstić information content (AvgIpc) is 3.59. The molecule has 5 N–H and O–H groups in total. The van der Waals surface area contributed by atoms with Gasteiger partial charge in [-0.05, 0) is 39.2 Å². The van der Waals surface area contributed by atoms with Crippen LogP contribution in [-0.4, -0.2) is 64.4 Å². The van der Waals surface area contributed by atoms with E-state index in [0.29, 0.717) is 25.7 Å². The monoisotopic (exact) mass is 586 g/mol. The van der Waals surface area contributed by atoms with Crippen LogP contribution in [0.5, 0.6) is 0 Å². The Morgan fingerprint density at radius 3 is 2.54 bits per heavy atom. The number of esters is 1. The van der Waals surface area contributed by atoms with Gasteiger partial charge in [0.25, 0.3) is 5.91 Å². The molecule has 13 nitrogen and oxygen atoms in total. The van der Waals surface area contributed by atoms with Crippen LogP contribution in [-0.2, 0) is 35.3 Å². The first-order chi connectivity index (χ1) is 19.5. The summed E-state index contributed by atoms with van der Waals surface area (Å²) in [6.45, 7) is 5.35. The highest BCUT2D eigenvalue weighted by Gasteiger charge is 2.47. The second kappa shape index (κ2) is 12.6. The molecule has 1 aliphatic heterocycles. The van der Waals surface area contributed by atoms with Crippen molar-refractivity contribution in [2.45, 2.75) is 76.3 Å². The number of β-lactam (4-membered cyclic amide) rings is 1. The summed E-state index contributed by atoms with van der Waals surface area (Å²) in [4.78, 5) is 60.9. The number of carbonyl (C=O) groups excluding carboxylic acids is 4. The van der Waals surface area contributed by atoms with Crippen molar-refractivity contribution in [2.24, 2.45) is 10.9 Å². The second-order valence-electron chi connectivity index (χ2n) is 10.8. The van der Waals surface area contributed by atoms with E-state index in [1.807, 2.05) is 30.3 Å². The number of nitrogens with two attached hydrogens (primary N) is 1. The van der Waals surface area contributed by atoms with Gasteiger partial charge in [-0.15, -0.1) is 11.3 Å². The van der Waals surface area contributed by atoms with Crippen LogP contribution >= 0.6 is 11.3 Å². The molecule has 220 valence electrons. The highest BCUT2D eigenvalue weighted by Crippen LogP contribution is 2.35. The Hall–Kier alpha value is -4.04. The van der Waals surface area contributed by atoms with Crippen LogP contribution in [0.15, 0.2) is 40.9 Å². The number of aromatic nitrogens is 1. The zero-order chi connectivity index (χ0) is 29.6. The second-order valence-corrected chi connectivity index (χ2v) is 11.6. The van der Waals surface area contributed by atoms with Crippen molar-refractivity contribution in [3.63, 3.8) is 0 Å². The van der Waals surface area contributed by atoms with Crippen LogP contribution < -0.4 is 21.7 Å². The molecule has 2 fully saturated rings. The van der Waals surface area contributed by atoms with Crippen LogP contribution in [0.3, 0.4) is 0 Å². The zero-order valence-corrected chi connectivity index (χ0v) is 23.9. The van der Waals surface area contributed by atoms with Crippen molar-refractivity contribution in [2.75, 3.05) is 11.9 Å². The summed E-state index contributed by atoms with van der Waals surface area (Å²) in [6.07, 6.45) is 1.39. The van der Waals surface area contributed by atoms with E-state index in [9.17, 15) is 19.2 Å². The van der Waals surface area contributed by atoms with Gasteiger partial charge in [-0.25, -0.2) is 14.6 Å². The van der Waals surface area contributed by atoms with Crippen LogP contribution in [0.4, 0.5) is 9.93 Å². The lowest BCUT2D eigenvalue weighted by atomic mass is 9.99. The fraction of sp³-hybridized carbons (Fsp3) is 0.481. The van der Waals surface area contributed by atoms with Crippen molar-refractivity contribution in [3.05, 3.63) is 47.0 Å². The molecule has 1 saturated heterocycles. The van der Waals surface area contributed by atoms with E-state index in [1.54, 1.807) is 20.8 Å². The molecule has 2 heterocycles. The highest BCUT2D eigenvalue weighted by molar-refractivity contribution is 7.14. The Morgan fingerprint density at radius 1 is 1.20 bits per heavy atom. The summed E-state index contributed by atoms with van der Waals surface area (Å²) in [5, 5.41) is 13.5. The van der Waals surface area contributed by atoms with Crippen molar-refractivity contribution in [1.29, 1.82) is 0 Å². The molecule has 1 saturated carbocycles. The molecule has 2 aromatic rings. The molecule has 2 aliphatic rings. The third-order valence-electron chi connectivity index (χ3n) is 6.43. The van der Waals surface area contributed by atoms with Gasteiger partial charge < -0.3 is 30.7 Å². The summed E-state index contributed by atoms with van der Waals surface area (Å²) in [5.74, 6) is -1.74. The first-order valence-electron chi connectivity index (χ1n) is 13.2. The number of hydrogen-bond acceptors (Lipinski definition) is 11. The van der Waals surface area contributed by atoms with Crippen LogP contribution in [0, 0.1) is 0 Å². The van der Waals surface area contributed by atoms with Gasteiger partial charge in [-0.3, -0.25) is 14.9 Å². The van der Waals surface area contributed by atoms with E-state index in [1.165, 1.54) is 5.38 Å². The minimum Gasteiger partial charge on any atom is -0.458 e. The number of thiazole rings is 1. The molecule has 1 aromatic heterocycles. The number of amides is 3. The molecule has 14 heteroatoms. The minimum atomic E-state index is -1.39. The maximum atomic E-state index is 13.4. The predicted octanol–water partition coefficient (Wildman–Crippen LogP) is 2.21. The molecule has 2 atom stereocenters. The molecular weight excluding hydrogens is 552 g/mol. The topological polar surface area (TPSA) is 183 Å².